The van der Waals surface area contributed by atoms with Crippen molar-refractivity contribution in [2.75, 3.05) is 63.7 Å². The van der Waals surface area contributed by atoms with Crippen molar-refractivity contribution >= 4 is 17.4 Å². The summed E-state index contributed by atoms with van der Waals surface area (Å²) in [6.07, 6.45) is -1.10. The number of nitrogens with one attached hydrogen (secondary N) is 1. The molecule has 9 heteroatoms. The lowest BCUT2D eigenvalue weighted by Crippen LogP contribution is -2.47. The maximum Gasteiger partial charge on any atom is 0.223 e. The van der Waals surface area contributed by atoms with E-state index in [9.17, 15) is 4.79 Å². The normalized spacial score (nSPS) is 16.2. The highest BCUT2D eigenvalue weighted by Crippen LogP contribution is 2.28. The van der Waals surface area contributed by atoms with Crippen LogP contribution in [-0.2, 0) is 9.47 Å². The second kappa shape index (κ2) is 12.1. The molecule has 1 fully saturated rings. The lowest BCUT2D eigenvalue weighted by molar-refractivity contribution is -0.127. The summed E-state index contributed by atoms with van der Waals surface area (Å²) in [6, 6.07) is 8.15. The topological polar surface area (TPSA) is 89.1 Å². The van der Waals surface area contributed by atoms with E-state index in [-0.39, 0.29) is 5.78 Å². The molecule has 9 nitrogen and oxygen atoms in total. The van der Waals surface area contributed by atoms with Gasteiger partial charge in [0.25, 0.3) is 0 Å². The van der Waals surface area contributed by atoms with Gasteiger partial charge in [0.1, 0.15) is 11.9 Å². The molecule has 186 valence electrons. The van der Waals surface area contributed by atoms with Crippen molar-refractivity contribution in [3.8, 4) is 5.75 Å². The second-order valence-electron chi connectivity index (χ2n) is 8.47. The van der Waals surface area contributed by atoms with Crippen LogP contribution in [0.1, 0.15) is 35.6 Å². The van der Waals surface area contributed by atoms with Gasteiger partial charge in [-0.3, -0.25) is 9.69 Å². The molecule has 2 atom stereocenters. The zero-order chi connectivity index (χ0) is 24.7. The lowest BCUT2D eigenvalue weighted by atomic mass is 10.0. The van der Waals surface area contributed by atoms with E-state index in [0.29, 0.717) is 22.9 Å². The fourth-order valence-electron chi connectivity index (χ4n) is 4.19. The van der Waals surface area contributed by atoms with Gasteiger partial charge in [-0.1, -0.05) is 12.1 Å². The van der Waals surface area contributed by atoms with Crippen LogP contribution in [0.3, 0.4) is 0 Å². The summed E-state index contributed by atoms with van der Waals surface area (Å²) in [7, 11) is 3.26. The summed E-state index contributed by atoms with van der Waals surface area (Å²) in [5.74, 6) is 1.31. The third-order valence-electron chi connectivity index (χ3n) is 6.12. The fourth-order valence-corrected chi connectivity index (χ4v) is 4.19. The number of hydrogen-bond donors (Lipinski definition) is 1. The van der Waals surface area contributed by atoms with Crippen LogP contribution in [0, 0.1) is 13.8 Å². The van der Waals surface area contributed by atoms with Gasteiger partial charge in [-0.25, -0.2) is 9.97 Å². The Labute approximate surface area is 202 Å². The zero-order valence-electron chi connectivity index (χ0n) is 21.1. The number of methoxy groups -OCH3 is 2. The third kappa shape index (κ3) is 6.43. The number of carbonyl (C=O) groups excluding carboxylic acids is 1. The number of aryl methyl sites for hydroxylation is 2. The molecule has 2 aromatic rings. The number of piperazine rings is 1. The first-order valence-electron chi connectivity index (χ1n) is 11.8. The largest absolute Gasteiger partial charge is 0.495 e. The number of nitrogens with zero attached hydrogens (tertiary/aromatic N) is 4. The number of rotatable bonds is 11. The lowest BCUT2D eigenvalue weighted by Gasteiger charge is -2.36. The van der Waals surface area contributed by atoms with E-state index >= 15 is 0 Å². The Hall–Kier alpha value is -2.75. The maximum absolute atomic E-state index is 12.8. The van der Waals surface area contributed by atoms with Crippen LogP contribution in [0.25, 0.3) is 0 Å². The molecule has 1 aromatic heterocycles. The highest BCUT2D eigenvalue weighted by atomic mass is 16.7. The van der Waals surface area contributed by atoms with Gasteiger partial charge in [0.2, 0.25) is 5.95 Å². The van der Waals surface area contributed by atoms with E-state index in [0.717, 1.165) is 50.7 Å². The Morgan fingerprint density at radius 2 is 1.71 bits per heavy atom. The molecule has 34 heavy (non-hydrogen) atoms. The summed E-state index contributed by atoms with van der Waals surface area (Å²) in [4.78, 5) is 26.7. The van der Waals surface area contributed by atoms with E-state index in [1.54, 1.807) is 28.1 Å². The zero-order valence-corrected chi connectivity index (χ0v) is 21.1. The van der Waals surface area contributed by atoms with Gasteiger partial charge < -0.3 is 24.4 Å². The molecule has 0 bridgehead atoms. The second-order valence-corrected chi connectivity index (χ2v) is 8.47. The molecule has 0 spiro atoms. The SMILES string of the molecule is COc1ccccc1N1CCN(CCNc2nc(C)c(C(=O)C(C)OC(C)OC)c(C)n2)CC1. The Morgan fingerprint density at radius 1 is 1.06 bits per heavy atom. The Kier molecular flexibility index (Phi) is 9.20. The number of benzene rings is 1. The van der Waals surface area contributed by atoms with Crippen molar-refractivity contribution in [2.24, 2.45) is 0 Å². The number of Topliss-reactive ketones (excluding diaryl/α,β-unsaturated/α-hetero) is 1. The molecule has 1 saturated heterocycles. The molecule has 0 aliphatic carbocycles. The van der Waals surface area contributed by atoms with Gasteiger partial charge in [-0.05, 0) is 39.8 Å². The van der Waals surface area contributed by atoms with Crippen molar-refractivity contribution in [3.05, 3.63) is 41.2 Å². The van der Waals surface area contributed by atoms with Crippen LogP contribution in [0.5, 0.6) is 5.75 Å². The summed E-state index contributed by atoms with van der Waals surface area (Å²) in [5, 5.41) is 3.31. The number of anilines is 2. The number of carbonyl (C=O) groups is 1. The van der Waals surface area contributed by atoms with E-state index in [1.165, 1.54) is 0 Å². The van der Waals surface area contributed by atoms with E-state index in [2.05, 4.69) is 31.2 Å². The Balaban J connectivity index is 1.50. The molecule has 0 amide bonds. The maximum atomic E-state index is 12.8. The molecule has 3 rings (SSSR count). The quantitative estimate of drug-likeness (QED) is 0.392. The van der Waals surface area contributed by atoms with Gasteiger partial charge in [0, 0.05) is 46.4 Å². The van der Waals surface area contributed by atoms with Gasteiger partial charge in [-0.2, -0.15) is 0 Å². The van der Waals surface area contributed by atoms with Crippen LogP contribution < -0.4 is 15.0 Å². The number of para-hydroxylation sites is 2. The molecule has 0 radical (unpaired) electrons. The number of aromatic nitrogens is 2. The van der Waals surface area contributed by atoms with Crippen molar-refractivity contribution in [3.63, 3.8) is 0 Å². The van der Waals surface area contributed by atoms with Crippen molar-refractivity contribution in [1.29, 1.82) is 0 Å². The van der Waals surface area contributed by atoms with Gasteiger partial charge in [0.15, 0.2) is 12.1 Å². The number of ether oxygens (including phenoxy) is 3. The summed E-state index contributed by atoms with van der Waals surface area (Å²) < 4.78 is 16.2. The summed E-state index contributed by atoms with van der Waals surface area (Å²) in [6.45, 7) is 12.6. The van der Waals surface area contributed by atoms with Crippen LogP contribution >= 0.6 is 0 Å². The molecule has 2 unspecified atom stereocenters. The number of hydrogen-bond acceptors (Lipinski definition) is 9. The standard InChI is InChI=1S/C25H37N5O4/c1-17-23(24(31)19(3)34-20(4)32-5)18(2)28-25(27-17)26-11-12-29-13-15-30(16-14-29)21-9-7-8-10-22(21)33-6/h7-10,19-20H,11-16H2,1-6H3,(H,26,27,28). The first-order valence-corrected chi connectivity index (χ1v) is 11.8. The minimum absolute atomic E-state index is 0.140. The number of ketones is 1. The molecule has 0 saturated carbocycles. The first-order chi connectivity index (χ1) is 16.3. The Morgan fingerprint density at radius 3 is 2.32 bits per heavy atom. The highest BCUT2D eigenvalue weighted by molar-refractivity contribution is 6.01. The van der Waals surface area contributed by atoms with Crippen molar-refractivity contribution < 1.29 is 19.0 Å². The van der Waals surface area contributed by atoms with Crippen LogP contribution in [0.2, 0.25) is 0 Å². The van der Waals surface area contributed by atoms with Crippen LogP contribution in [0.4, 0.5) is 11.6 Å². The summed E-state index contributed by atoms with van der Waals surface area (Å²) >= 11 is 0. The molecule has 1 aliphatic rings. The van der Waals surface area contributed by atoms with Crippen LogP contribution in [0.15, 0.2) is 24.3 Å². The molecule has 2 heterocycles. The minimum Gasteiger partial charge on any atom is -0.495 e. The van der Waals surface area contributed by atoms with Crippen molar-refractivity contribution in [2.45, 2.75) is 40.1 Å². The molecular formula is C25H37N5O4. The fraction of sp³-hybridized carbons (Fsp3) is 0.560. The van der Waals surface area contributed by atoms with E-state index in [4.69, 9.17) is 14.2 Å². The molecule has 1 aromatic carbocycles. The predicted octanol–water partition coefficient (Wildman–Crippen LogP) is 2.92. The molecule has 1 N–H and O–H groups in total. The van der Waals surface area contributed by atoms with Gasteiger partial charge >= 0.3 is 0 Å². The summed E-state index contributed by atoms with van der Waals surface area (Å²) in [5.41, 5.74) is 2.94. The van der Waals surface area contributed by atoms with Crippen LogP contribution in [-0.4, -0.2) is 86.5 Å². The monoisotopic (exact) mass is 471 g/mol. The smallest absolute Gasteiger partial charge is 0.223 e. The average molecular weight is 472 g/mol. The van der Waals surface area contributed by atoms with Crippen molar-refractivity contribution in [1.82, 2.24) is 14.9 Å². The predicted molar refractivity (Wildman–Crippen MR) is 133 cm³/mol. The van der Waals surface area contributed by atoms with E-state index in [1.807, 2.05) is 32.0 Å². The van der Waals surface area contributed by atoms with E-state index < -0.39 is 12.4 Å². The first kappa shape index (κ1) is 25.9. The average Bonchev–Trinajstić information content (AvgIpc) is 2.83. The minimum atomic E-state index is -0.635. The van der Waals surface area contributed by atoms with Gasteiger partial charge in [-0.15, -0.1) is 0 Å². The third-order valence-corrected chi connectivity index (χ3v) is 6.12. The molecular weight excluding hydrogens is 434 g/mol. The molecule has 1 aliphatic heterocycles. The highest BCUT2D eigenvalue weighted by Gasteiger charge is 2.24. The Bertz CT molecular complexity index is 939. The van der Waals surface area contributed by atoms with Gasteiger partial charge in [0.05, 0.1) is 29.7 Å².